The number of halogens is 1. The number of aliphatic hydroxyl groups excluding tert-OH is 1. The van der Waals surface area contributed by atoms with Crippen molar-refractivity contribution in [3.8, 4) is 0 Å². The number of nitrogens with zero attached hydrogens (tertiary/aromatic N) is 3. The summed E-state index contributed by atoms with van der Waals surface area (Å²) in [7, 11) is 1.67. The van der Waals surface area contributed by atoms with Gasteiger partial charge >= 0.3 is 0 Å². The number of methoxy groups -OCH3 is 1. The molecule has 5 nitrogen and oxygen atoms in total. The number of ether oxygens (including phenoxy) is 1. The highest BCUT2D eigenvalue weighted by atomic mass is 19.1. The van der Waals surface area contributed by atoms with Crippen molar-refractivity contribution in [3.63, 3.8) is 0 Å². The molecular weight excluding hydrogens is 297 g/mol. The number of hydrogen-bond acceptors (Lipinski definition) is 4. The molecule has 0 saturated carbocycles. The lowest BCUT2D eigenvalue weighted by atomic mass is 10.0. The number of aliphatic hydroxyl groups is 1. The molecule has 1 aliphatic rings. The van der Waals surface area contributed by atoms with E-state index in [0.717, 1.165) is 17.7 Å². The van der Waals surface area contributed by atoms with Crippen LogP contribution in [0.3, 0.4) is 0 Å². The van der Waals surface area contributed by atoms with Gasteiger partial charge in [-0.15, -0.1) is 0 Å². The van der Waals surface area contributed by atoms with Gasteiger partial charge in [-0.05, 0) is 24.1 Å². The first-order valence-corrected chi connectivity index (χ1v) is 7.83. The van der Waals surface area contributed by atoms with Crippen molar-refractivity contribution < 1.29 is 14.2 Å². The van der Waals surface area contributed by atoms with E-state index in [2.05, 4.69) is 10.00 Å². The summed E-state index contributed by atoms with van der Waals surface area (Å²) >= 11 is 0. The van der Waals surface area contributed by atoms with Crippen LogP contribution in [0.1, 0.15) is 23.6 Å². The van der Waals surface area contributed by atoms with Crippen LogP contribution >= 0.6 is 0 Å². The molecule has 124 valence electrons. The maximum absolute atomic E-state index is 13.1. The van der Waals surface area contributed by atoms with Gasteiger partial charge in [-0.2, -0.15) is 5.10 Å². The van der Waals surface area contributed by atoms with Crippen LogP contribution in [0.15, 0.2) is 36.7 Å². The molecule has 23 heavy (non-hydrogen) atoms. The third-order valence-corrected chi connectivity index (χ3v) is 4.23. The van der Waals surface area contributed by atoms with Crippen molar-refractivity contribution >= 4 is 0 Å². The topological polar surface area (TPSA) is 50.5 Å². The first-order chi connectivity index (χ1) is 11.2. The summed E-state index contributed by atoms with van der Waals surface area (Å²) in [4.78, 5) is 2.22. The maximum Gasteiger partial charge on any atom is 0.123 e. The summed E-state index contributed by atoms with van der Waals surface area (Å²) < 4.78 is 20.0. The van der Waals surface area contributed by atoms with Crippen LogP contribution in [0.4, 0.5) is 4.39 Å². The molecule has 0 aliphatic carbocycles. The second kappa shape index (κ2) is 7.21. The van der Waals surface area contributed by atoms with E-state index in [0.29, 0.717) is 26.1 Å². The Morgan fingerprint density at radius 2 is 2.13 bits per heavy atom. The molecule has 0 spiro atoms. The Labute approximate surface area is 135 Å². The van der Waals surface area contributed by atoms with E-state index >= 15 is 0 Å². The van der Waals surface area contributed by atoms with Gasteiger partial charge in [-0.25, -0.2) is 4.39 Å². The van der Waals surface area contributed by atoms with Crippen molar-refractivity contribution in [2.24, 2.45) is 0 Å². The van der Waals surface area contributed by atoms with Gasteiger partial charge in [0.15, 0.2) is 0 Å². The number of likely N-dealkylation sites (tertiary alicyclic amines) is 1. The average Bonchev–Trinajstić information content (AvgIpc) is 3.13. The number of β-amino-alcohol motifs (C(OH)–C–C–N with tert-alkyl or cyclic N) is 1. The molecule has 1 N–H and O–H groups in total. The Bertz CT molecular complexity index is 629. The molecule has 1 aromatic heterocycles. The highest BCUT2D eigenvalue weighted by Gasteiger charge is 2.32. The van der Waals surface area contributed by atoms with Gasteiger partial charge < -0.3 is 9.84 Å². The van der Waals surface area contributed by atoms with Crippen LogP contribution in [0.25, 0.3) is 0 Å². The molecule has 1 fully saturated rings. The maximum atomic E-state index is 13.1. The van der Waals surface area contributed by atoms with Crippen LogP contribution in [0.5, 0.6) is 0 Å². The monoisotopic (exact) mass is 319 g/mol. The molecule has 0 radical (unpaired) electrons. The van der Waals surface area contributed by atoms with Crippen molar-refractivity contribution in [3.05, 3.63) is 53.6 Å². The highest BCUT2D eigenvalue weighted by molar-refractivity contribution is 5.22. The zero-order chi connectivity index (χ0) is 16.2. The second-order valence-electron chi connectivity index (χ2n) is 5.99. The molecule has 1 saturated heterocycles. The third kappa shape index (κ3) is 3.96. The Balaban J connectivity index is 1.69. The molecule has 2 atom stereocenters. The lowest BCUT2D eigenvalue weighted by molar-refractivity contribution is 0.172. The van der Waals surface area contributed by atoms with Crippen molar-refractivity contribution in [2.75, 3.05) is 20.3 Å². The number of hydrogen-bond donors (Lipinski definition) is 1. The highest BCUT2D eigenvalue weighted by Crippen LogP contribution is 2.33. The average molecular weight is 319 g/mol. The fourth-order valence-corrected chi connectivity index (χ4v) is 3.12. The van der Waals surface area contributed by atoms with Crippen LogP contribution < -0.4 is 0 Å². The molecular formula is C17H22FN3O2. The van der Waals surface area contributed by atoms with Crippen molar-refractivity contribution in [2.45, 2.75) is 31.7 Å². The van der Waals surface area contributed by atoms with Gasteiger partial charge in [-0.1, -0.05) is 12.1 Å². The number of aromatic nitrogens is 2. The molecule has 3 rings (SSSR count). The molecule has 6 heteroatoms. The van der Waals surface area contributed by atoms with Gasteiger partial charge in [0.1, 0.15) is 5.82 Å². The Kier molecular flexibility index (Phi) is 5.05. The van der Waals surface area contributed by atoms with Crippen LogP contribution in [0, 0.1) is 5.82 Å². The molecule has 1 aromatic carbocycles. The first-order valence-electron chi connectivity index (χ1n) is 7.83. The van der Waals surface area contributed by atoms with Crippen molar-refractivity contribution in [1.29, 1.82) is 0 Å². The third-order valence-electron chi connectivity index (χ3n) is 4.23. The summed E-state index contributed by atoms with van der Waals surface area (Å²) in [5, 5.41) is 14.4. The Hall–Kier alpha value is -1.76. The van der Waals surface area contributed by atoms with Crippen LogP contribution in [0.2, 0.25) is 0 Å². The molecule has 2 heterocycles. The molecule has 2 aromatic rings. The molecule has 1 aliphatic heterocycles. The summed E-state index contributed by atoms with van der Waals surface area (Å²) in [6.45, 7) is 2.68. The minimum absolute atomic E-state index is 0.105. The number of rotatable bonds is 6. The van der Waals surface area contributed by atoms with Crippen LogP contribution in [-0.2, 0) is 17.8 Å². The van der Waals surface area contributed by atoms with E-state index in [1.165, 1.54) is 12.1 Å². The van der Waals surface area contributed by atoms with E-state index in [1.807, 2.05) is 17.1 Å². The van der Waals surface area contributed by atoms with E-state index in [9.17, 15) is 9.50 Å². The molecule has 0 unspecified atom stereocenters. The minimum atomic E-state index is -0.353. The quantitative estimate of drug-likeness (QED) is 0.884. The predicted molar refractivity (Wildman–Crippen MR) is 84.3 cm³/mol. The van der Waals surface area contributed by atoms with E-state index in [4.69, 9.17) is 4.74 Å². The summed E-state index contributed by atoms with van der Waals surface area (Å²) in [5.41, 5.74) is 2.14. The standard InChI is InChI=1S/C17H22FN3O2/c1-23-7-6-21-11-13(9-19-21)10-20-12-16(22)8-17(20)14-2-4-15(18)5-3-14/h2-5,9,11,16-17,22H,6-8,10,12H2,1H3/t16-,17+/m0/s1. The lowest BCUT2D eigenvalue weighted by Gasteiger charge is -2.23. The normalized spacial score (nSPS) is 21.9. The Morgan fingerprint density at radius 1 is 1.35 bits per heavy atom. The van der Waals surface area contributed by atoms with Gasteiger partial charge in [0.2, 0.25) is 0 Å². The summed E-state index contributed by atoms with van der Waals surface area (Å²) in [6.07, 6.45) is 4.17. The van der Waals surface area contributed by atoms with E-state index in [1.54, 1.807) is 19.2 Å². The first kappa shape index (κ1) is 16.1. The summed E-state index contributed by atoms with van der Waals surface area (Å²) in [5.74, 6) is -0.238. The Morgan fingerprint density at radius 3 is 2.87 bits per heavy atom. The zero-order valence-corrected chi connectivity index (χ0v) is 13.2. The van der Waals surface area contributed by atoms with Crippen molar-refractivity contribution in [1.82, 2.24) is 14.7 Å². The lowest BCUT2D eigenvalue weighted by Crippen LogP contribution is -2.24. The fraction of sp³-hybridized carbons (Fsp3) is 0.471. The van der Waals surface area contributed by atoms with E-state index in [-0.39, 0.29) is 18.0 Å². The smallest absolute Gasteiger partial charge is 0.123 e. The largest absolute Gasteiger partial charge is 0.392 e. The van der Waals surface area contributed by atoms with Crippen LogP contribution in [-0.4, -0.2) is 46.2 Å². The zero-order valence-electron chi connectivity index (χ0n) is 13.2. The van der Waals surface area contributed by atoms with Gasteiger partial charge in [0.25, 0.3) is 0 Å². The van der Waals surface area contributed by atoms with Gasteiger partial charge in [-0.3, -0.25) is 9.58 Å². The van der Waals surface area contributed by atoms with Gasteiger partial charge in [0.05, 0.1) is 25.5 Å². The van der Waals surface area contributed by atoms with E-state index < -0.39 is 0 Å². The molecule has 0 amide bonds. The molecule has 0 bridgehead atoms. The fourth-order valence-electron chi connectivity index (χ4n) is 3.12. The van der Waals surface area contributed by atoms with Gasteiger partial charge in [0, 0.05) is 38.0 Å². The number of benzene rings is 1. The predicted octanol–water partition coefficient (Wildman–Crippen LogP) is 1.98. The summed E-state index contributed by atoms with van der Waals surface area (Å²) in [6, 6.07) is 6.65. The second-order valence-corrected chi connectivity index (χ2v) is 5.99. The minimum Gasteiger partial charge on any atom is -0.392 e. The SMILES string of the molecule is COCCn1cc(CN2C[C@@H](O)C[C@@H]2c2ccc(F)cc2)cn1.